The summed E-state index contributed by atoms with van der Waals surface area (Å²) >= 11 is 1.68. The molecular weight excluding hydrogens is 172 g/mol. The van der Waals surface area contributed by atoms with Crippen LogP contribution in [-0.2, 0) is 6.42 Å². The molecule has 2 nitrogen and oxygen atoms in total. The molecule has 0 atom stereocenters. The smallest absolute Gasteiger partial charge is 0.173 e. The van der Waals surface area contributed by atoms with Gasteiger partial charge in [0.15, 0.2) is 5.06 Å². The number of ether oxygens (including phenoxy) is 1. The Morgan fingerprint density at radius 2 is 2.25 bits per heavy atom. The van der Waals surface area contributed by atoms with Crippen molar-refractivity contribution in [2.45, 2.75) is 19.3 Å². The van der Waals surface area contributed by atoms with E-state index in [1.807, 2.05) is 6.07 Å². The van der Waals surface area contributed by atoms with Crippen molar-refractivity contribution in [3.8, 4) is 5.06 Å². The molecule has 0 aliphatic carbocycles. The van der Waals surface area contributed by atoms with E-state index in [2.05, 4.69) is 6.07 Å². The number of aliphatic hydroxyl groups is 1. The average molecular weight is 186 g/mol. The van der Waals surface area contributed by atoms with Gasteiger partial charge in [-0.3, -0.25) is 0 Å². The molecule has 0 saturated carbocycles. The number of aliphatic hydroxyl groups excluding tert-OH is 1. The third-order valence-electron chi connectivity index (χ3n) is 1.67. The van der Waals surface area contributed by atoms with Gasteiger partial charge in [0, 0.05) is 11.5 Å². The predicted octanol–water partition coefficient (Wildman–Crippen LogP) is 2.07. The van der Waals surface area contributed by atoms with Crippen molar-refractivity contribution in [2.75, 3.05) is 13.7 Å². The Kier molecular flexibility index (Phi) is 4.11. The lowest BCUT2D eigenvalue weighted by Crippen LogP contribution is -1.85. The van der Waals surface area contributed by atoms with Gasteiger partial charge in [-0.15, -0.1) is 11.3 Å². The van der Waals surface area contributed by atoms with Gasteiger partial charge in [-0.1, -0.05) is 0 Å². The Bertz CT molecular complexity index is 220. The summed E-state index contributed by atoms with van der Waals surface area (Å²) in [6, 6.07) is 4.07. The van der Waals surface area contributed by atoms with Crippen molar-refractivity contribution in [1.82, 2.24) is 0 Å². The van der Waals surface area contributed by atoms with Gasteiger partial charge >= 0.3 is 0 Å². The molecule has 1 heterocycles. The van der Waals surface area contributed by atoms with Gasteiger partial charge in [0.05, 0.1) is 7.11 Å². The number of unbranched alkanes of at least 4 members (excludes halogenated alkanes) is 1. The normalized spacial score (nSPS) is 10.2. The van der Waals surface area contributed by atoms with E-state index in [-0.39, 0.29) is 0 Å². The van der Waals surface area contributed by atoms with Crippen molar-refractivity contribution in [1.29, 1.82) is 0 Å². The van der Waals surface area contributed by atoms with Gasteiger partial charge in [-0.2, -0.15) is 0 Å². The summed E-state index contributed by atoms with van der Waals surface area (Å²) in [5.74, 6) is 0. The topological polar surface area (TPSA) is 29.5 Å². The zero-order valence-corrected chi connectivity index (χ0v) is 8.06. The molecule has 0 aliphatic heterocycles. The summed E-state index contributed by atoms with van der Waals surface area (Å²) in [6.45, 7) is 0.294. The van der Waals surface area contributed by atoms with Gasteiger partial charge in [0.25, 0.3) is 0 Å². The minimum Gasteiger partial charge on any atom is -0.487 e. The molecule has 0 saturated heterocycles. The summed E-state index contributed by atoms with van der Waals surface area (Å²) in [5, 5.41) is 9.54. The van der Waals surface area contributed by atoms with E-state index < -0.39 is 0 Å². The molecule has 1 aromatic rings. The fourth-order valence-corrected chi connectivity index (χ4v) is 1.87. The molecule has 1 N–H and O–H groups in total. The number of hydrogen-bond donors (Lipinski definition) is 1. The SMILES string of the molecule is COc1ccc(CCCCO)s1. The number of hydrogen-bond acceptors (Lipinski definition) is 3. The van der Waals surface area contributed by atoms with Gasteiger partial charge in [0.2, 0.25) is 0 Å². The molecule has 0 amide bonds. The largest absolute Gasteiger partial charge is 0.487 e. The molecule has 0 bridgehead atoms. The van der Waals surface area contributed by atoms with E-state index in [9.17, 15) is 0 Å². The van der Waals surface area contributed by atoms with E-state index in [1.165, 1.54) is 4.88 Å². The fraction of sp³-hybridized carbons (Fsp3) is 0.556. The Morgan fingerprint density at radius 3 is 2.83 bits per heavy atom. The summed E-state index contributed by atoms with van der Waals surface area (Å²) in [6.07, 6.45) is 3.00. The van der Waals surface area contributed by atoms with Crippen LogP contribution >= 0.6 is 11.3 Å². The number of rotatable bonds is 5. The number of aryl methyl sites for hydroxylation is 1. The van der Waals surface area contributed by atoms with Crippen molar-refractivity contribution in [3.05, 3.63) is 17.0 Å². The van der Waals surface area contributed by atoms with Crippen LogP contribution in [0.25, 0.3) is 0 Å². The zero-order chi connectivity index (χ0) is 8.81. The van der Waals surface area contributed by atoms with Crippen molar-refractivity contribution < 1.29 is 9.84 Å². The Balaban J connectivity index is 2.31. The van der Waals surface area contributed by atoms with Crippen LogP contribution in [0.15, 0.2) is 12.1 Å². The maximum Gasteiger partial charge on any atom is 0.173 e. The minimum absolute atomic E-state index is 0.294. The molecule has 0 aliphatic rings. The Hall–Kier alpha value is -0.540. The van der Waals surface area contributed by atoms with E-state index in [0.29, 0.717) is 6.61 Å². The van der Waals surface area contributed by atoms with Gasteiger partial charge in [-0.25, -0.2) is 0 Å². The average Bonchev–Trinajstić information content (AvgIpc) is 2.53. The highest BCUT2D eigenvalue weighted by atomic mass is 32.1. The van der Waals surface area contributed by atoms with Crippen molar-refractivity contribution in [3.63, 3.8) is 0 Å². The first-order chi connectivity index (χ1) is 5.86. The highest BCUT2D eigenvalue weighted by Gasteiger charge is 1.98. The summed E-state index contributed by atoms with van der Waals surface area (Å²) in [7, 11) is 1.68. The third-order valence-corrected chi connectivity index (χ3v) is 2.78. The lowest BCUT2D eigenvalue weighted by molar-refractivity contribution is 0.285. The van der Waals surface area contributed by atoms with E-state index >= 15 is 0 Å². The molecule has 12 heavy (non-hydrogen) atoms. The van der Waals surface area contributed by atoms with Crippen LogP contribution in [0.3, 0.4) is 0 Å². The molecule has 1 aromatic heterocycles. The fourth-order valence-electron chi connectivity index (χ4n) is 1.01. The van der Waals surface area contributed by atoms with Crippen LogP contribution in [0.1, 0.15) is 17.7 Å². The maximum atomic E-state index is 8.57. The molecule has 1 rings (SSSR count). The van der Waals surface area contributed by atoms with E-state index in [1.54, 1.807) is 18.4 Å². The van der Waals surface area contributed by atoms with Crippen molar-refractivity contribution >= 4 is 11.3 Å². The predicted molar refractivity (Wildman–Crippen MR) is 50.9 cm³/mol. The van der Waals surface area contributed by atoms with Crippen LogP contribution in [0.2, 0.25) is 0 Å². The first-order valence-electron chi connectivity index (χ1n) is 4.10. The Morgan fingerprint density at radius 1 is 1.42 bits per heavy atom. The van der Waals surface area contributed by atoms with Gasteiger partial charge < -0.3 is 9.84 Å². The van der Waals surface area contributed by atoms with E-state index in [0.717, 1.165) is 24.3 Å². The first-order valence-corrected chi connectivity index (χ1v) is 4.92. The minimum atomic E-state index is 0.294. The molecular formula is C9H14O2S. The van der Waals surface area contributed by atoms with E-state index in [4.69, 9.17) is 9.84 Å². The first kappa shape index (κ1) is 9.55. The summed E-state index contributed by atoms with van der Waals surface area (Å²) in [5.41, 5.74) is 0. The second-order valence-corrected chi connectivity index (χ2v) is 3.74. The van der Waals surface area contributed by atoms with Crippen LogP contribution in [0, 0.1) is 0 Å². The number of thiophene rings is 1. The van der Waals surface area contributed by atoms with Crippen LogP contribution < -0.4 is 4.74 Å². The number of methoxy groups -OCH3 is 1. The molecule has 0 unspecified atom stereocenters. The Labute approximate surface area is 76.8 Å². The standard InChI is InChI=1S/C9H14O2S/c1-11-9-6-5-8(12-9)4-2-3-7-10/h5-6,10H,2-4,7H2,1H3. The maximum absolute atomic E-state index is 8.57. The molecule has 0 fully saturated rings. The zero-order valence-electron chi connectivity index (χ0n) is 7.25. The quantitative estimate of drug-likeness (QED) is 0.713. The van der Waals surface area contributed by atoms with Crippen LogP contribution in [0.5, 0.6) is 5.06 Å². The van der Waals surface area contributed by atoms with Gasteiger partial charge in [0.1, 0.15) is 0 Å². The second kappa shape index (κ2) is 5.17. The summed E-state index contributed by atoms with van der Waals surface area (Å²) in [4.78, 5) is 1.33. The van der Waals surface area contributed by atoms with Crippen LogP contribution in [0.4, 0.5) is 0 Å². The molecule has 0 aromatic carbocycles. The second-order valence-electron chi connectivity index (χ2n) is 2.61. The van der Waals surface area contributed by atoms with Crippen LogP contribution in [-0.4, -0.2) is 18.8 Å². The highest BCUT2D eigenvalue weighted by Crippen LogP contribution is 2.24. The molecule has 3 heteroatoms. The highest BCUT2D eigenvalue weighted by molar-refractivity contribution is 7.13. The lowest BCUT2D eigenvalue weighted by Gasteiger charge is -1.94. The lowest BCUT2D eigenvalue weighted by atomic mass is 10.2. The molecule has 68 valence electrons. The monoisotopic (exact) mass is 186 g/mol. The molecule has 0 radical (unpaired) electrons. The summed E-state index contributed by atoms with van der Waals surface area (Å²) < 4.78 is 5.07. The molecule has 0 spiro atoms. The third kappa shape index (κ3) is 2.83. The van der Waals surface area contributed by atoms with Gasteiger partial charge in [-0.05, 0) is 31.4 Å². The van der Waals surface area contributed by atoms with Crippen molar-refractivity contribution in [2.24, 2.45) is 0 Å².